The standard InChI is InChI=1S/C28H40N2O4/c1-5-33-23-7-6-19(26(2,3)4)12-20(23)18-13-27(14-18)8-10-30(11-9-27)24(31)21-15-28(16-22(21)28)17-34-25(29)32/h6-7,12,18,21-22H,5,8-11,13-17H2,1-4H3,(H2,29,32)/t21-,22?,28-/m1/s1. The maximum absolute atomic E-state index is 13.1. The third kappa shape index (κ3) is 4.07. The molecule has 0 radical (unpaired) electrons. The molecule has 0 bridgehead atoms. The third-order valence-electron chi connectivity index (χ3n) is 9.29. The Morgan fingerprint density at radius 3 is 2.41 bits per heavy atom. The highest BCUT2D eigenvalue weighted by Crippen LogP contribution is 2.71. The van der Waals surface area contributed by atoms with Gasteiger partial charge < -0.3 is 20.1 Å². The van der Waals surface area contributed by atoms with Gasteiger partial charge in [0.25, 0.3) is 0 Å². The van der Waals surface area contributed by atoms with E-state index in [4.69, 9.17) is 15.2 Å². The highest BCUT2D eigenvalue weighted by molar-refractivity contribution is 5.81. The average molecular weight is 469 g/mol. The molecule has 0 aromatic heterocycles. The molecule has 3 aliphatic carbocycles. The first kappa shape index (κ1) is 23.5. The molecule has 2 amide bonds. The van der Waals surface area contributed by atoms with Crippen LogP contribution in [-0.4, -0.2) is 43.2 Å². The lowest BCUT2D eigenvalue weighted by molar-refractivity contribution is -0.144. The van der Waals surface area contributed by atoms with Crippen LogP contribution in [0.2, 0.25) is 0 Å². The average Bonchev–Trinajstić information content (AvgIpc) is 3.33. The number of rotatable bonds is 6. The van der Waals surface area contributed by atoms with Crippen molar-refractivity contribution in [1.82, 2.24) is 4.90 Å². The van der Waals surface area contributed by atoms with Crippen LogP contribution in [0.4, 0.5) is 4.79 Å². The molecular formula is C28H40N2O4. The van der Waals surface area contributed by atoms with Crippen molar-refractivity contribution < 1.29 is 19.1 Å². The minimum atomic E-state index is -0.714. The van der Waals surface area contributed by atoms with Gasteiger partial charge in [-0.25, -0.2) is 4.79 Å². The van der Waals surface area contributed by atoms with E-state index in [1.165, 1.54) is 24.0 Å². The molecule has 1 spiro atoms. The summed E-state index contributed by atoms with van der Waals surface area (Å²) < 4.78 is 11.0. The molecule has 3 saturated carbocycles. The van der Waals surface area contributed by atoms with Crippen LogP contribution in [-0.2, 0) is 14.9 Å². The largest absolute Gasteiger partial charge is 0.494 e. The number of hydrogen-bond donors (Lipinski definition) is 1. The fourth-order valence-corrected chi connectivity index (χ4v) is 6.97. The number of ether oxygens (including phenoxy) is 2. The number of benzene rings is 1. The van der Waals surface area contributed by atoms with Crippen molar-refractivity contribution in [1.29, 1.82) is 0 Å². The van der Waals surface area contributed by atoms with Crippen molar-refractivity contribution in [3.8, 4) is 5.75 Å². The van der Waals surface area contributed by atoms with E-state index < -0.39 is 6.09 Å². The molecular weight excluding hydrogens is 428 g/mol. The van der Waals surface area contributed by atoms with Crippen molar-refractivity contribution in [2.24, 2.45) is 28.4 Å². The van der Waals surface area contributed by atoms with Crippen LogP contribution in [0.5, 0.6) is 5.75 Å². The number of likely N-dealkylation sites (tertiary alicyclic amines) is 1. The lowest BCUT2D eigenvalue weighted by Crippen LogP contribution is -2.51. The van der Waals surface area contributed by atoms with Gasteiger partial charge in [-0.05, 0) is 85.3 Å². The molecule has 1 aliphatic heterocycles. The number of fused-ring (bicyclic) bond motifs is 1. The number of nitrogens with zero attached hydrogens (tertiary/aromatic N) is 1. The Kier molecular flexibility index (Phi) is 5.64. The van der Waals surface area contributed by atoms with E-state index in [0.29, 0.717) is 36.4 Å². The second-order valence-corrected chi connectivity index (χ2v) is 12.5. The Hall–Kier alpha value is -2.24. The van der Waals surface area contributed by atoms with Crippen LogP contribution >= 0.6 is 0 Å². The van der Waals surface area contributed by atoms with Gasteiger partial charge >= 0.3 is 6.09 Å². The number of carbonyl (C=O) groups is 2. The molecule has 6 heteroatoms. The van der Waals surface area contributed by atoms with E-state index in [1.54, 1.807) is 0 Å². The Labute approximate surface area is 203 Å². The minimum Gasteiger partial charge on any atom is -0.494 e. The number of amides is 2. The Balaban J connectivity index is 1.15. The molecule has 1 aromatic carbocycles. The summed E-state index contributed by atoms with van der Waals surface area (Å²) in [6.07, 6.45) is 5.72. The first-order valence-corrected chi connectivity index (χ1v) is 13.0. The topological polar surface area (TPSA) is 81.9 Å². The van der Waals surface area contributed by atoms with Crippen LogP contribution in [0.25, 0.3) is 0 Å². The Bertz CT molecular complexity index is 967. The normalized spacial score (nSPS) is 29.6. The fourth-order valence-electron chi connectivity index (χ4n) is 6.97. The van der Waals surface area contributed by atoms with Gasteiger partial charge in [0, 0.05) is 24.4 Å². The number of hydrogen-bond acceptors (Lipinski definition) is 4. The van der Waals surface area contributed by atoms with E-state index >= 15 is 0 Å². The minimum absolute atomic E-state index is 0.0490. The van der Waals surface area contributed by atoms with Gasteiger partial charge in [0.15, 0.2) is 0 Å². The maximum atomic E-state index is 13.1. The van der Waals surface area contributed by atoms with Gasteiger partial charge in [0.05, 0.1) is 13.2 Å². The number of primary amides is 1. The Morgan fingerprint density at radius 2 is 1.82 bits per heavy atom. The SMILES string of the molecule is CCOc1ccc(C(C)(C)C)cc1C1CC2(CCN(C(=O)[C@@H]3C[C@]4(COC(N)=O)CC34)CC2)C1. The summed E-state index contributed by atoms with van der Waals surface area (Å²) in [7, 11) is 0. The summed E-state index contributed by atoms with van der Waals surface area (Å²) in [6, 6.07) is 6.75. The highest BCUT2D eigenvalue weighted by Gasteiger charge is 2.70. The first-order valence-electron chi connectivity index (χ1n) is 13.0. The summed E-state index contributed by atoms with van der Waals surface area (Å²) >= 11 is 0. The van der Waals surface area contributed by atoms with Crippen molar-refractivity contribution in [2.75, 3.05) is 26.3 Å². The van der Waals surface area contributed by atoms with E-state index in [-0.39, 0.29) is 16.7 Å². The number of carbonyl (C=O) groups excluding carboxylic acids is 2. The molecule has 1 heterocycles. The zero-order chi connectivity index (χ0) is 24.3. The van der Waals surface area contributed by atoms with Crippen LogP contribution in [0, 0.1) is 22.7 Å². The monoisotopic (exact) mass is 468 g/mol. The second-order valence-electron chi connectivity index (χ2n) is 12.5. The van der Waals surface area contributed by atoms with E-state index in [1.807, 2.05) is 0 Å². The second kappa shape index (κ2) is 8.17. The quantitative estimate of drug-likeness (QED) is 0.638. The number of nitrogens with two attached hydrogens (primary N) is 1. The lowest BCUT2D eigenvalue weighted by atomic mass is 9.55. The van der Waals surface area contributed by atoms with Crippen molar-refractivity contribution >= 4 is 12.0 Å². The van der Waals surface area contributed by atoms with Crippen molar-refractivity contribution in [2.45, 2.75) is 77.6 Å². The summed E-state index contributed by atoms with van der Waals surface area (Å²) in [5, 5.41) is 0. The highest BCUT2D eigenvalue weighted by atomic mass is 16.5. The van der Waals surface area contributed by atoms with E-state index in [9.17, 15) is 9.59 Å². The van der Waals surface area contributed by atoms with Crippen molar-refractivity contribution in [3.63, 3.8) is 0 Å². The fraction of sp³-hybridized carbons (Fsp3) is 0.714. The molecule has 2 N–H and O–H groups in total. The van der Waals surface area contributed by atoms with E-state index in [0.717, 1.165) is 44.5 Å². The first-order chi connectivity index (χ1) is 16.1. The maximum Gasteiger partial charge on any atom is 0.404 e. The summed E-state index contributed by atoms with van der Waals surface area (Å²) in [4.78, 5) is 26.1. The van der Waals surface area contributed by atoms with Gasteiger partial charge in [-0.1, -0.05) is 32.9 Å². The van der Waals surface area contributed by atoms with Crippen LogP contribution in [0.15, 0.2) is 18.2 Å². The summed E-state index contributed by atoms with van der Waals surface area (Å²) in [5.74, 6) is 2.42. The molecule has 6 nitrogen and oxygen atoms in total. The Morgan fingerprint density at radius 1 is 1.12 bits per heavy atom. The predicted molar refractivity (Wildman–Crippen MR) is 131 cm³/mol. The lowest BCUT2D eigenvalue weighted by Gasteiger charge is -2.53. The molecule has 1 aromatic rings. The van der Waals surface area contributed by atoms with Gasteiger partial charge in [-0.2, -0.15) is 0 Å². The zero-order valence-electron chi connectivity index (χ0n) is 21.2. The zero-order valence-corrected chi connectivity index (χ0v) is 21.2. The molecule has 5 rings (SSSR count). The third-order valence-corrected chi connectivity index (χ3v) is 9.29. The molecule has 186 valence electrons. The van der Waals surface area contributed by atoms with Gasteiger partial charge in [0.2, 0.25) is 5.91 Å². The molecule has 1 saturated heterocycles. The summed E-state index contributed by atoms with van der Waals surface area (Å²) in [6.45, 7) is 11.7. The van der Waals surface area contributed by atoms with Crippen LogP contribution in [0.3, 0.4) is 0 Å². The predicted octanol–water partition coefficient (Wildman–Crippen LogP) is 4.99. The molecule has 3 atom stereocenters. The van der Waals surface area contributed by atoms with Gasteiger partial charge in [0.1, 0.15) is 5.75 Å². The molecule has 1 unspecified atom stereocenters. The molecule has 34 heavy (non-hydrogen) atoms. The van der Waals surface area contributed by atoms with Crippen LogP contribution in [0.1, 0.15) is 83.3 Å². The smallest absolute Gasteiger partial charge is 0.404 e. The molecule has 4 aliphatic rings. The van der Waals surface area contributed by atoms with Crippen molar-refractivity contribution in [3.05, 3.63) is 29.3 Å². The van der Waals surface area contributed by atoms with E-state index in [2.05, 4.69) is 50.8 Å². The number of piperidine rings is 1. The summed E-state index contributed by atoms with van der Waals surface area (Å²) in [5.41, 5.74) is 8.39. The molecule has 4 fully saturated rings. The van der Waals surface area contributed by atoms with Crippen LogP contribution < -0.4 is 10.5 Å². The van der Waals surface area contributed by atoms with Gasteiger partial charge in [-0.15, -0.1) is 0 Å². The van der Waals surface area contributed by atoms with Gasteiger partial charge in [-0.3, -0.25) is 4.79 Å².